The summed E-state index contributed by atoms with van der Waals surface area (Å²) in [6, 6.07) is 7.85. The van der Waals surface area contributed by atoms with Gasteiger partial charge in [-0.05, 0) is 19.1 Å². The second kappa shape index (κ2) is 3.69. The number of nitrogens with one attached hydrogen (secondary N) is 1. The van der Waals surface area contributed by atoms with Crippen molar-refractivity contribution in [2.45, 2.75) is 6.92 Å². The quantitative estimate of drug-likeness (QED) is 0.665. The summed E-state index contributed by atoms with van der Waals surface area (Å²) < 4.78 is 1.74. The van der Waals surface area contributed by atoms with Crippen molar-refractivity contribution in [1.82, 2.24) is 19.5 Å². The molecule has 0 unspecified atom stereocenters. The molecule has 0 atom stereocenters. The number of anilines is 1. The smallest absolute Gasteiger partial charge is 0.348 e. The fraction of sp³-hybridized carbons (Fsp3) is 0.0833. The van der Waals surface area contributed by atoms with E-state index in [1.54, 1.807) is 10.9 Å². The Hall–Kier alpha value is -2.63. The summed E-state index contributed by atoms with van der Waals surface area (Å²) in [6.07, 6.45) is 1.60. The lowest BCUT2D eigenvalue weighted by Gasteiger charge is -2.03. The Morgan fingerprint density at radius 2 is 2.00 bits per heavy atom. The highest BCUT2D eigenvalue weighted by atomic mass is 16.1. The van der Waals surface area contributed by atoms with E-state index in [0.29, 0.717) is 11.2 Å². The molecular weight excluding hydrogens is 230 g/mol. The number of nitrogens with two attached hydrogens (primary N) is 1. The van der Waals surface area contributed by atoms with E-state index in [4.69, 9.17) is 5.73 Å². The third-order valence-electron chi connectivity index (χ3n) is 2.76. The van der Waals surface area contributed by atoms with Gasteiger partial charge in [0.25, 0.3) is 0 Å². The molecule has 0 aliphatic heterocycles. The van der Waals surface area contributed by atoms with Crippen LogP contribution in [-0.4, -0.2) is 19.5 Å². The van der Waals surface area contributed by atoms with E-state index in [-0.39, 0.29) is 5.82 Å². The van der Waals surface area contributed by atoms with Crippen LogP contribution in [0.25, 0.3) is 16.9 Å². The molecule has 2 heterocycles. The van der Waals surface area contributed by atoms with Crippen LogP contribution < -0.4 is 11.4 Å². The summed E-state index contributed by atoms with van der Waals surface area (Å²) >= 11 is 0. The first kappa shape index (κ1) is 10.5. The fourth-order valence-corrected chi connectivity index (χ4v) is 1.83. The third-order valence-corrected chi connectivity index (χ3v) is 2.76. The molecule has 6 heteroatoms. The van der Waals surface area contributed by atoms with Crippen LogP contribution in [-0.2, 0) is 0 Å². The Morgan fingerprint density at radius 1 is 1.28 bits per heavy atom. The van der Waals surface area contributed by atoms with E-state index >= 15 is 0 Å². The number of hydrogen-bond donors (Lipinski definition) is 2. The zero-order valence-corrected chi connectivity index (χ0v) is 9.71. The number of rotatable bonds is 1. The molecule has 2 aromatic heterocycles. The maximum atomic E-state index is 11.4. The van der Waals surface area contributed by atoms with Gasteiger partial charge in [-0.15, -0.1) is 0 Å². The molecule has 3 rings (SSSR count). The minimum Gasteiger partial charge on any atom is -0.383 e. The molecule has 90 valence electrons. The summed E-state index contributed by atoms with van der Waals surface area (Å²) in [7, 11) is 0. The lowest BCUT2D eigenvalue weighted by molar-refractivity contribution is 1.04. The van der Waals surface area contributed by atoms with Gasteiger partial charge in [-0.1, -0.05) is 17.7 Å². The summed E-state index contributed by atoms with van der Waals surface area (Å²) in [5.74, 6) is 0.232. The molecule has 0 fully saturated rings. The lowest BCUT2D eigenvalue weighted by atomic mass is 10.2. The van der Waals surface area contributed by atoms with Gasteiger partial charge in [0.2, 0.25) is 0 Å². The van der Waals surface area contributed by atoms with Gasteiger partial charge in [0.15, 0.2) is 5.65 Å². The molecule has 0 bridgehead atoms. The Bertz CT molecular complexity index is 769. The highest BCUT2D eigenvalue weighted by molar-refractivity contribution is 5.82. The van der Waals surface area contributed by atoms with Gasteiger partial charge in [-0.3, -0.25) is 9.55 Å². The monoisotopic (exact) mass is 241 g/mol. The molecule has 0 aliphatic carbocycles. The number of nitrogen functional groups attached to an aromatic ring is 1. The predicted molar refractivity (Wildman–Crippen MR) is 68.6 cm³/mol. The van der Waals surface area contributed by atoms with Gasteiger partial charge in [0.05, 0.1) is 0 Å². The van der Waals surface area contributed by atoms with E-state index < -0.39 is 5.69 Å². The summed E-state index contributed by atoms with van der Waals surface area (Å²) in [6.45, 7) is 2.01. The Balaban J connectivity index is 2.30. The molecule has 3 N–H and O–H groups in total. The van der Waals surface area contributed by atoms with E-state index in [2.05, 4.69) is 15.0 Å². The normalized spacial score (nSPS) is 10.9. The molecule has 6 nitrogen and oxygen atoms in total. The average Bonchev–Trinajstić information content (AvgIpc) is 2.74. The predicted octanol–water partition coefficient (Wildman–Crippen LogP) is 0.999. The maximum Gasteiger partial charge on any atom is 0.348 e. The van der Waals surface area contributed by atoms with Gasteiger partial charge in [-0.2, -0.15) is 4.98 Å². The van der Waals surface area contributed by atoms with Crippen LogP contribution in [0.3, 0.4) is 0 Å². The first-order valence-corrected chi connectivity index (χ1v) is 5.45. The third kappa shape index (κ3) is 1.55. The van der Waals surface area contributed by atoms with E-state index in [1.165, 1.54) is 0 Å². The molecule has 0 radical (unpaired) electrons. The molecule has 0 saturated carbocycles. The van der Waals surface area contributed by atoms with E-state index in [1.807, 2.05) is 31.2 Å². The summed E-state index contributed by atoms with van der Waals surface area (Å²) in [4.78, 5) is 21.8. The highest BCUT2D eigenvalue weighted by Gasteiger charge is 2.09. The first-order chi connectivity index (χ1) is 8.65. The molecule has 0 saturated heterocycles. The van der Waals surface area contributed by atoms with Gasteiger partial charge >= 0.3 is 5.69 Å². The van der Waals surface area contributed by atoms with Crippen LogP contribution in [0.1, 0.15) is 5.56 Å². The Kier molecular flexibility index (Phi) is 2.16. The first-order valence-electron chi connectivity index (χ1n) is 5.45. The van der Waals surface area contributed by atoms with Gasteiger partial charge in [0.1, 0.15) is 17.7 Å². The van der Waals surface area contributed by atoms with Crippen LogP contribution in [0.2, 0.25) is 0 Å². The number of hydrogen-bond acceptors (Lipinski definition) is 4. The molecule has 18 heavy (non-hydrogen) atoms. The highest BCUT2D eigenvalue weighted by Crippen LogP contribution is 2.18. The Morgan fingerprint density at radius 3 is 2.72 bits per heavy atom. The number of aryl methyl sites for hydroxylation is 1. The standard InChI is InChI=1S/C12H11N5O/c1-7-2-4-8(5-3-7)17-6-14-9-10(13)15-12(18)16-11(9)17/h2-6H,1H3,(H3,13,15,16,18). The molecule has 0 amide bonds. The van der Waals surface area contributed by atoms with E-state index in [9.17, 15) is 4.79 Å². The van der Waals surface area contributed by atoms with Gasteiger partial charge in [-0.25, -0.2) is 9.78 Å². The largest absolute Gasteiger partial charge is 0.383 e. The number of fused-ring (bicyclic) bond motifs is 1. The van der Waals surface area contributed by atoms with Crippen LogP contribution in [0, 0.1) is 6.92 Å². The Labute approximate surface area is 102 Å². The fourth-order valence-electron chi connectivity index (χ4n) is 1.83. The molecule has 0 aliphatic rings. The lowest BCUT2D eigenvalue weighted by Crippen LogP contribution is -2.13. The number of benzene rings is 1. The van der Waals surface area contributed by atoms with Crippen LogP contribution in [0.4, 0.5) is 5.82 Å². The number of H-pyrrole nitrogens is 1. The van der Waals surface area contributed by atoms with Crippen molar-refractivity contribution in [2.75, 3.05) is 5.73 Å². The molecule has 1 aromatic carbocycles. The topological polar surface area (TPSA) is 89.6 Å². The number of aromatic nitrogens is 4. The van der Waals surface area contributed by atoms with Crippen molar-refractivity contribution in [1.29, 1.82) is 0 Å². The van der Waals surface area contributed by atoms with Crippen LogP contribution in [0.15, 0.2) is 35.4 Å². The van der Waals surface area contributed by atoms with Crippen LogP contribution >= 0.6 is 0 Å². The summed E-state index contributed by atoms with van der Waals surface area (Å²) in [5, 5.41) is 0. The number of imidazole rings is 1. The van der Waals surface area contributed by atoms with Crippen molar-refractivity contribution in [3.05, 3.63) is 46.6 Å². The average molecular weight is 241 g/mol. The second-order valence-corrected chi connectivity index (χ2v) is 4.08. The van der Waals surface area contributed by atoms with Crippen molar-refractivity contribution in [2.24, 2.45) is 0 Å². The SMILES string of the molecule is Cc1ccc(-n2cnc3c(N)[nH]c(=O)nc32)cc1. The van der Waals surface area contributed by atoms with Gasteiger partial charge in [0, 0.05) is 5.69 Å². The van der Waals surface area contributed by atoms with Crippen molar-refractivity contribution in [3.8, 4) is 5.69 Å². The zero-order chi connectivity index (χ0) is 12.7. The second-order valence-electron chi connectivity index (χ2n) is 4.08. The van der Waals surface area contributed by atoms with Crippen LogP contribution in [0.5, 0.6) is 0 Å². The zero-order valence-electron chi connectivity index (χ0n) is 9.71. The molecule has 3 aromatic rings. The van der Waals surface area contributed by atoms with Crippen molar-refractivity contribution < 1.29 is 0 Å². The van der Waals surface area contributed by atoms with Crippen molar-refractivity contribution >= 4 is 17.0 Å². The number of nitrogens with zero attached hydrogens (tertiary/aromatic N) is 3. The molecule has 0 spiro atoms. The van der Waals surface area contributed by atoms with Crippen molar-refractivity contribution in [3.63, 3.8) is 0 Å². The van der Waals surface area contributed by atoms with Gasteiger partial charge < -0.3 is 5.73 Å². The van der Waals surface area contributed by atoms with E-state index in [0.717, 1.165) is 11.3 Å². The summed E-state index contributed by atoms with van der Waals surface area (Å²) in [5.41, 5.74) is 8.23. The minimum atomic E-state index is -0.478. The maximum absolute atomic E-state index is 11.4. The molecular formula is C12H11N5O. The minimum absolute atomic E-state index is 0.232. The number of aromatic amines is 1.